The molecule has 2 atom stereocenters. The molecule has 1 fully saturated rings. The molecule has 0 aliphatic carbocycles. The average Bonchev–Trinajstić information content (AvgIpc) is 2.60. The molecule has 1 aromatic rings. The maximum atomic E-state index is 12.1. The summed E-state index contributed by atoms with van der Waals surface area (Å²) >= 11 is 0. The number of rotatable bonds is 8. The van der Waals surface area contributed by atoms with E-state index in [2.05, 4.69) is 29.4 Å². The number of nitrogens with zero attached hydrogens (tertiary/aromatic N) is 1. The fraction of sp³-hybridized carbons (Fsp3) is 0.600. The lowest BCUT2D eigenvalue weighted by Crippen LogP contribution is -2.48. The first kappa shape index (κ1) is 20.4. The van der Waals surface area contributed by atoms with Crippen molar-refractivity contribution in [3.05, 3.63) is 35.9 Å². The molecule has 1 aliphatic rings. The lowest BCUT2D eigenvalue weighted by atomic mass is 10.1. The molecule has 1 heterocycles. The Balaban J connectivity index is 1.68. The number of hydrogen-bond acceptors (Lipinski definition) is 4. The molecule has 0 spiro atoms. The van der Waals surface area contributed by atoms with Crippen molar-refractivity contribution in [2.45, 2.75) is 39.3 Å². The van der Waals surface area contributed by atoms with Crippen LogP contribution in [0.15, 0.2) is 30.3 Å². The zero-order valence-corrected chi connectivity index (χ0v) is 16.0. The molecule has 0 bridgehead atoms. The molecule has 2 amide bonds. The molecule has 1 aromatic carbocycles. The molecular weight excluding hydrogens is 330 g/mol. The summed E-state index contributed by atoms with van der Waals surface area (Å²) in [5.74, 6) is 0.388. The van der Waals surface area contributed by atoms with E-state index in [4.69, 9.17) is 4.74 Å². The third kappa shape index (κ3) is 7.14. The number of ether oxygens (including phenoxy) is 1. The lowest BCUT2D eigenvalue weighted by molar-refractivity contribution is -0.122. The number of hydrogen-bond donors (Lipinski definition) is 2. The predicted molar refractivity (Wildman–Crippen MR) is 102 cm³/mol. The van der Waals surface area contributed by atoms with Crippen LogP contribution in [0, 0.1) is 5.92 Å². The molecule has 0 aromatic heterocycles. The van der Waals surface area contributed by atoms with Gasteiger partial charge in [-0.3, -0.25) is 14.5 Å². The quantitative estimate of drug-likeness (QED) is 0.739. The first-order chi connectivity index (χ1) is 12.4. The smallest absolute Gasteiger partial charge is 0.251 e. The summed E-state index contributed by atoms with van der Waals surface area (Å²) in [6.45, 7) is 10.3. The van der Waals surface area contributed by atoms with Crippen LogP contribution in [-0.4, -0.2) is 61.6 Å². The minimum atomic E-state index is -0.229. The van der Waals surface area contributed by atoms with Gasteiger partial charge in [-0.1, -0.05) is 32.0 Å². The summed E-state index contributed by atoms with van der Waals surface area (Å²) in [5, 5.41) is 5.78. The molecular formula is C20H31N3O3. The Hall–Kier alpha value is -1.92. The third-order valence-corrected chi connectivity index (χ3v) is 4.28. The molecule has 144 valence electrons. The molecule has 26 heavy (non-hydrogen) atoms. The van der Waals surface area contributed by atoms with Crippen LogP contribution in [0.5, 0.6) is 0 Å². The molecule has 1 aliphatic heterocycles. The number of benzene rings is 1. The van der Waals surface area contributed by atoms with Crippen molar-refractivity contribution >= 4 is 11.8 Å². The highest BCUT2D eigenvalue weighted by Crippen LogP contribution is 2.07. The highest BCUT2D eigenvalue weighted by molar-refractivity contribution is 5.94. The summed E-state index contributed by atoms with van der Waals surface area (Å²) in [6.07, 6.45) is 0.279. The van der Waals surface area contributed by atoms with Crippen molar-refractivity contribution in [2.24, 2.45) is 5.92 Å². The van der Waals surface area contributed by atoms with E-state index in [9.17, 15) is 9.59 Å². The Morgan fingerprint density at radius 2 is 1.96 bits per heavy atom. The summed E-state index contributed by atoms with van der Waals surface area (Å²) in [7, 11) is 0. The van der Waals surface area contributed by atoms with Crippen LogP contribution in [0.25, 0.3) is 0 Å². The maximum absolute atomic E-state index is 12.1. The summed E-state index contributed by atoms with van der Waals surface area (Å²) < 4.78 is 5.74. The molecule has 2 N–H and O–H groups in total. The van der Waals surface area contributed by atoms with Crippen LogP contribution < -0.4 is 10.6 Å². The standard InChI is InChI=1S/C20H31N3O3/c1-15(2)13-23-9-10-26-18(14-23)12-21-19(24)11-16(3)22-20(25)17-7-5-4-6-8-17/h4-8,15-16,18H,9-14H2,1-3H3,(H,21,24)(H,22,25). The van der Waals surface area contributed by atoms with Crippen LogP contribution in [-0.2, 0) is 9.53 Å². The summed E-state index contributed by atoms with van der Waals surface area (Å²) in [5.41, 5.74) is 0.598. The Labute approximate surface area is 156 Å². The van der Waals surface area contributed by atoms with Gasteiger partial charge in [-0.15, -0.1) is 0 Å². The van der Waals surface area contributed by atoms with E-state index in [-0.39, 0.29) is 30.4 Å². The summed E-state index contributed by atoms with van der Waals surface area (Å²) in [6, 6.07) is 8.78. The SMILES string of the molecule is CC(C)CN1CCOC(CNC(=O)CC(C)NC(=O)c2ccccc2)C1. The second kappa shape index (κ2) is 10.3. The predicted octanol–water partition coefficient (Wildman–Crippen LogP) is 1.67. The van der Waals surface area contributed by atoms with Crippen molar-refractivity contribution in [3.63, 3.8) is 0 Å². The first-order valence-electron chi connectivity index (χ1n) is 9.40. The van der Waals surface area contributed by atoms with Crippen LogP contribution >= 0.6 is 0 Å². The van der Waals surface area contributed by atoms with E-state index in [0.29, 0.717) is 24.6 Å². The van der Waals surface area contributed by atoms with Gasteiger partial charge in [-0.2, -0.15) is 0 Å². The molecule has 6 nitrogen and oxygen atoms in total. The molecule has 2 rings (SSSR count). The van der Waals surface area contributed by atoms with Gasteiger partial charge in [-0.25, -0.2) is 0 Å². The zero-order valence-electron chi connectivity index (χ0n) is 16.0. The van der Waals surface area contributed by atoms with Crippen molar-refractivity contribution < 1.29 is 14.3 Å². The molecule has 0 saturated carbocycles. The van der Waals surface area contributed by atoms with E-state index in [0.717, 1.165) is 19.6 Å². The fourth-order valence-electron chi connectivity index (χ4n) is 3.11. The van der Waals surface area contributed by atoms with Gasteiger partial charge in [-0.05, 0) is 25.0 Å². The first-order valence-corrected chi connectivity index (χ1v) is 9.40. The summed E-state index contributed by atoms with van der Waals surface area (Å²) in [4.78, 5) is 26.6. The minimum absolute atomic E-state index is 0.0284. The van der Waals surface area contributed by atoms with E-state index < -0.39 is 0 Å². The number of carbonyl (C=O) groups is 2. The van der Waals surface area contributed by atoms with E-state index in [1.54, 1.807) is 12.1 Å². The zero-order chi connectivity index (χ0) is 18.9. The van der Waals surface area contributed by atoms with Gasteiger partial charge in [0.2, 0.25) is 5.91 Å². The van der Waals surface area contributed by atoms with Crippen LogP contribution in [0.4, 0.5) is 0 Å². The van der Waals surface area contributed by atoms with Crippen LogP contribution in [0.1, 0.15) is 37.6 Å². The molecule has 1 saturated heterocycles. The van der Waals surface area contributed by atoms with Gasteiger partial charge in [0, 0.05) is 44.2 Å². The Morgan fingerprint density at radius 3 is 2.65 bits per heavy atom. The van der Waals surface area contributed by atoms with Gasteiger partial charge in [0.25, 0.3) is 5.91 Å². The van der Waals surface area contributed by atoms with Gasteiger partial charge in [0.1, 0.15) is 0 Å². The molecule has 6 heteroatoms. The number of amides is 2. The van der Waals surface area contributed by atoms with Crippen molar-refractivity contribution in [3.8, 4) is 0 Å². The Bertz CT molecular complexity index is 577. The normalized spacial score (nSPS) is 19.2. The number of nitrogens with one attached hydrogen (secondary N) is 2. The molecule has 0 radical (unpaired) electrons. The van der Waals surface area contributed by atoms with E-state index in [1.807, 2.05) is 25.1 Å². The lowest BCUT2D eigenvalue weighted by Gasteiger charge is -2.34. The third-order valence-electron chi connectivity index (χ3n) is 4.28. The molecule has 2 unspecified atom stereocenters. The minimum Gasteiger partial charge on any atom is -0.374 e. The highest BCUT2D eigenvalue weighted by Gasteiger charge is 2.22. The van der Waals surface area contributed by atoms with Gasteiger partial charge < -0.3 is 15.4 Å². The van der Waals surface area contributed by atoms with Gasteiger partial charge in [0.05, 0.1) is 12.7 Å². The Morgan fingerprint density at radius 1 is 1.23 bits per heavy atom. The topological polar surface area (TPSA) is 70.7 Å². The number of morpholine rings is 1. The van der Waals surface area contributed by atoms with Crippen molar-refractivity contribution in [1.29, 1.82) is 0 Å². The van der Waals surface area contributed by atoms with Gasteiger partial charge >= 0.3 is 0 Å². The average molecular weight is 361 g/mol. The van der Waals surface area contributed by atoms with Crippen molar-refractivity contribution in [1.82, 2.24) is 15.5 Å². The van der Waals surface area contributed by atoms with E-state index in [1.165, 1.54) is 0 Å². The Kier molecular flexibility index (Phi) is 8.06. The maximum Gasteiger partial charge on any atom is 0.251 e. The van der Waals surface area contributed by atoms with E-state index >= 15 is 0 Å². The largest absolute Gasteiger partial charge is 0.374 e. The van der Waals surface area contributed by atoms with Crippen LogP contribution in [0.3, 0.4) is 0 Å². The second-order valence-corrected chi connectivity index (χ2v) is 7.39. The van der Waals surface area contributed by atoms with Gasteiger partial charge in [0.15, 0.2) is 0 Å². The number of carbonyl (C=O) groups excluding carboxylic acids is 2. The fourth-order valence-corrected chi connectivity index (χ4v) is 3.11. The second-order valence-electron chi connectivity index (χ2n) is 7.39. The van der Waals surface area contributed by atoms with Crippen LogP contribution in [0.2, 0.25) is 0 Å². The highest BCUT2D eigenvalue weighted by atomic mass is 16.5. The van der Waals surface area contributed by atoms with Crippen molar-refractivity contribution in [2.75, 3.05) is 32.8 Å². The monoisotopic (exact) mass is 361 g/mol.